The Morgan fingerprint density at radius 3 is 2.70 bits per heavy atom. The first-order valence-electron chi connectivity index (χ1n) is 10.9. The van der Waals surface area contributed by atoms with Gasteiger partial charge >= 0.3 is 0 Å². The van der Waals surface area contributed by atoms with Gasteiger partial charge in [0.25, 0.3) is 0 Å². The maximum absolute atomic E-state index is 10.3. The minimum Gasteiger partial charge on any atom is -0.496 e. The van der Waals surface area contributed by atoms with Gasteiger partial charge in [0.2, 0.25) is 0 Å². The Hall–Kier alpha value is -1.10. The number of aryl methyl sites for hydroxylation is 2. The number of ether oxygens (including phenoxy) is 1. The van der Waals surface area contributed by atoms with Gasteiger partial charge in [-0.2, -0.15) is 0 Å². The monoisotopic (exact) mass is 372 g/mol. The fourth-order valence-electron chi connectivity index (χ4n) is 5.82. The number of nitrogens with zero attached hydrogens (tertiary/aromatic N) is 2. The van der Waals surface area contributed by atoms with Crippen LogP contribution in [0.2, 0.25) is 0 Å². The van der Waals surface area contributed by atoms with Gasteiger partial charge in [0.15, 0.2) is 0 Å². The van der Waals surface area contributed by atoms with Crippen molar-refractivity contribution in [1.82, 2.24) is 9.80 Å². The summed E-state index contributed by atoms with van der Waals surface area (Å²) in [5.41, 5.74) is 4.42. The highest BCUT2D eigenvalue weighted by Crippen LogP contribution is 2.43. The van der Waals surface area contributed by atoms with Crippen LogP contribution in [0.1, 0.15) is 55.7 Å². The summed E-state index contributed by atoms with van der Waals surface area (Å²) >= 11 is 0. The first-order chi connectivity index (χ1) is 13.2. The van der Waals surface area contributed by atoms with E-state index in [4.69, 9.17) is 4.74 Å². The smallest absolute Gasteiger partial charge is 0.123 e. The zero-order chi connectivity index (χ0) is 18.9. The molecule has 3 aliphatic rings. The van der Waals surface area contributed by atoms with E-state index in [2.05, 4.69) is 28.9 Å². The molecule has 4 nitrogen and oxygen atoms in total. The molecule has 4 rings (SSSR count). The lowest BCUT2D eigenvalue weighted by Gasteiger charge is -2.54. The summed E-state index contributed by atoms with van der Waals surface area (Å²) in [6, 6.07) is 5.14. The number of hydrogen-bond acceptors (Lipinski definition) is 4. The van der Waals surface area contributed by atoms with E-state index in [-0.39, 0.29) is 5.41 Å². The minimum atomic E-state index is 0.0897. The minimum absolute atomic E-state index is 0.0897. The summed E-state index contributed by atoms with van der Waals surface area (Å²) in [5, 5.41) is 10.3. The van der Waals surface area contributed by atoms with Crippen molar-refractivity contribution in [3.05, 3.63) is 28.8 Å². The summed E-state index contributed by atoms with van der Waals surface area (Å²) in [6.45, 7) is 8.09. The molecular formula is C23H36N2O2. The lowest BCUT2D eigenvalue weighted by Crippen LogP contribution is -2.62. The number of aliphatic hydroxyl groups is 1. The largest absolute Gasteiger partial charge is 0.496 e. The van der Waals surface area contributed by atoms with Crippen LogP contribution in [0.25, 0.3) is 0 Å². The molecule has 2 aliphatic heterocycles. The second-order valence-electron chi connectivity index (χ2n) is 8.95. The van der Waals surface area contributed by atoms with Crippen molar-refractivity contribution in [2.24, 2.45) is 5.41 Å². The molecule has 2 saturated heterocycles. The molecular weight excluding hydrogens is 336 g/mol. The average molecular weight is 373 g/mol. The Balaban J connectivity index is 1.59. The first kappa shape index (κ1) is 19.2. The predicted molar refractivity (Wildman–Crippen MR) is 109 cm³/mol. The zero-order valence-electron chi connectivity index (χ0n) is 17.2. The number of likely N-dealkylation sites (tertiary alicyclic amines) is 2. The molecule has 1 N–H and O–H groups in total. The topological polar surface area (TPSA) is 35.9 Å². The standard InChI is InChI=1S/C23H36N2O2/c1-3-10-24-12-9-23(17-26)8-5-11-25(22(23)16-24)15-20-13-18-6-4-7-19(18)14-21(20)27-2/h13-14,22,26H,3-12,15-17H2,1-2H3/t22-,23-/m1/s1. The van der Waals surface area contributed by atoms with Gasteiger partial charge in [-0.25, -0.2) is 0 Å². The lowest BCUT2D eigenvalue weighted by atomic mass is 9.69. The maximum atomic E-state index is 10.3. The number of benzene rings is 1. The van der Waals surface area contributed by atoms with Crippen LogP contribution < -0.4 is 4.74 Å². The molecule has 2 atom stereocenters. The molecule has 0 unspecified atom stereocenters. The fourth-order valence-corrected chi connectivity index (χ4v) is 5.82. The second-order valence-corrected chi connectivity index (χ2v) is 8.95. The molecule has 1 aromatic rings. The number of methoxy groups -OCH3 is 1. The normalized spacial score (nSPS) is 28.8. The molecule has 0 spiro atoms. The molecule has 2 fully saturated rings. The van der Waals surface area contributed by atoms with Crippen LogP contribution in [0.15, 0.2) is 12.1 Å². The van der Waals surface area contributed by atoms with E-state index >= 15 is 0 Å². The van der Waals surface area contributed by atoms with E-state index in [0.29, 0.717) is 12.6 Å². The van der Waals surface area contributed by atoms with Crippen molar-refractivity contribution >= 4 is 0 Å². The van der Waals surface area contributed by atoms with E-state index in [9.17, 15) is 5.11 Å². The third kappa shape index (κ3) is 3.64. The molecule has 0 bridgehead atoms. The lowest BCUT2D eigenvalue weighted by molar-refractivity contribution is -0.0792. The van der Waals surface area contributed by atoms with Crippen LogP contribution in [0.5, 0.6) is 5.75 Å². The molecule has 0 amide bonds. The molecule has 2 heterocycles. The molecule has 27 heavy (non-hydrogen) atoms. The Morgan fingerprint density at radius 1 is 1.15 bits per heavy atom. The maximum Gasteiger partial charge on any atom is 0.123 e. The molecule has 0 aromatic heterocycles. The molecule has 0 radical (unpaired) electrons. The quantitative estimate of drug-likeness (QED) is 0.832. The molecule has 150 valence electrons. The van der Waals surface area contributed by atoms with Gasteiger partial charge in [0, 0.05) is 30.1 Å². The van der Waals surface area contributed by atoms with E-state index in [1.165, 1.54) is 61.8 Å². The second kappa shape index (κ2) is 8.10. The van der Waals surface area contributed by atoms with Crippen molar-refractivity contribution in [1.29, 1.82) is 0 Å². The number of piperidine rings is 2. The average Bonchev–Trinajstić information content (AvgIpc) is 3.15. The summed E-state index contributed by atoms with van der Waals surface area (Å²) in [5.74, 6) is 1.05. The van der Waals surface area contributed by atoms with Gasteiger partial charge in [-0.3, -0.25) is 4.90 Å². The number of rotatable bonds is 6. The van der Waals surface area contributed by atoms with Crippen LogP contribution in [0.3, 0.4) is 0 Å². The van der Waals surface area contributed by atoms with Gasteiger partial charge in [-0.05, 0) is 81.8 Å². The van der Waals surface area contributed by atoms with Crippen LogP contribution in [0.4, 0.5) is 0 Å². The highest BCUT2D eigenvalue weighted by atomic mass is 16.5. The van der Waals surface area contributed by atoms with Crippen molar-refractivity contribution in [2.75, 3.05) is 39.9 Å². The number of fused-ring (bicyclic) bond motifs is 2. The van der Waals surface area contributed by atoms with Crippen molar-refractivity contribution in [3.63, 3.8) is 0 Å². The van der Waals surface area contributed by atoms with Crippen LogP contribution >= 0.6 is 0 Å². The first-order valence-corrected chi connectivity index (χ1v) is 10.9. The summed E-state index contributed by atoms with van der Waals surface area (Å²) < 4.78 is 5.77. The SMILES string of the molecule is CCCN1CC[C@@]2(CO)CCCN(Cc3cc4c(cc3OC)CCC4)[C@@H]2C1. The highest BCUT2D eigenvalue weighted by molar-refractivity contribution is 5.45. The van der Waals surface area contributed by atoms with Crippen molar-refractivity contribution in [3.8, 4) is 5.75 Å². The Kier molecular flexibility index (Phi) is 5.77. The molecule has 0 saturated carbocycles. The van der Waals surface area contributed by atoms with Gasteiger partial charge in [0.1, 0.15) is 5.75 Å². The van der Waals surface area contributed by atoms with Crippen LogP contribution in [-0.4, -0.2) is 60.8 Å². The van der Waals surface area contributed by atoms with Gasteiger partial charge in [0.05, 0.1) is 13.7 Å². The molecule has 1 aromatic carbocycles. The van der Waals surface area contributed by atoms with Gasteiger partial charge in [-0.15, -0.1) is 0 Å². The molecule has 4 heteroatoms. The van der Waals surface area contributed by atoms with E-state index in [1.807, 2.05) is 0 Å². The Morgan fingerprint density at radius 2 is 1.96 bits per heavy atom. The Bertz CT molecular complexity index is 662. The van der Waals surface area contributed by atoms with Crippen molar-refractivity contribution in [2.45, 2.75) is 64.5 Å². The number of aliphatic hydroxyl groups excluding tert-OH is 1. The van der Waals surface area contributed by atoms with E-state index < -0.39 is 0 Å². The highest BCUT2D eigenvalue weighted by Gasteiger charge is 2.47. The summed E-state index contributed by atoms with van der Waals surface area (Å²) in [7, 11) is 1.80. The number of hydrogen-bond donors (Lipinski definition) is 1. The zero-order valence-corrected chi connectivity index (χ0v) is 17.2. The van der Waals surface area contributed by atoms with Crippen LogP contribution in [-0.2, 0) is 19.4 Å². The predicted octanol–water partition coefficient (Wildman–Crippen LogP) is 3.24. The third-order valence-electron chi connectivity index (χ3n) is 7.35. The summed E-state index contributed by atoms with van der Waals surface area (Å²) in [4.78, 5) is 5.26. The van der Waals surface area contributed by atoms with E-state index in [1.54, 1.807) is 7.11 Å². The van der Waals surface area contributed by atoms with E-state index in [0.717, 1.165) is 38.3 Å². The van der Waals surface area contributed by atoms with Gasteiger partial charge < -0.3 is 14.7 Å². The molecule has 1 aliphatic carbocycles. The fraction of sp³-hybridized carbons (Fsp3) is 0.739. The van der Waals surface area contributed by atoms with Crippen molar-refractivity contribution < 1.29 is 9.84 Å². The Labute approximate surface area is 164 Å². The van der Waals surface area contributed by atoms with Crippen LogP contribution in [0, 0.1) is 5.41 Å². The third-order valence-corrected chi connectivity index (χ3v) is 7.35. The summed E-state index contributed by atoms with van der Waals surface area (Å²) in [6.07, 6.45) is 8.37. The van der Waals surface area contributed by atoms with Gasteiger partial charge in [-0.1, -0.05) is 13.0 Å².